The van der Waals surface area contributed by atoms with E-state index in [0.717, 1.165) is 30.7 Å². The Balaban J connectivity index is 1.61. The third-order valence-corrected chi connectivity index (χ3v) is 6.15. The van der Waals surface area contributed by atoms with Gasteiger partial charge >= 0.3 is 0 Å². The monoisotopic (exact) mass is 415 g/mol. The Labute approximate surface area is 177 Å². The van der Waals surface area contributed by atoms with Crippen LogP contribution in [0, 0.1) is 18.3 Å². The number of amides is 2. The minimum atomic E-state index is -0.197. The van der Waals surface area contributed by atoms with Crippen molar-refractivity contribution in [3.05, 3.63) is 29.3 Å². The number of aryl methyl sites for hydroxylation is 1. The molecule has 0 bridgehead atoms. The molecule has 1 aliphatic carbocycles. The van der Waals surface area contributed by atoms with E-state index in [2.05, 4.69) is 39.8 Å². The number of H-pyrrole nitrogens is 1. The van der Waals surface area contributed by atoms with Gasteiger partial charge in [0, 0.05) is 36.2 Å². The van der Waals surface area contributed by atoms with E-state index < -0.39 is 0 Å². The average molecular weight is 416 g/mol. The zero-order chi connectivity index (χ0) is 21.9. The third-order valence-electron chi connectivity index (χ3n) is 6.15. The summed E-state index contributed by atoms with van der Waals surface area (Å²) in [6.45, 7) is 10.2. The zero-order valence-electron chi connectivity index (χ0n) is 18.5. The molecular formula is C22H33N5O3. The molecule has 0 spiro atoms. The average Bonchev–Trinajstić information content (AvgIpc) is 3.35. The zero-order valence-corrected chi connectivity index (χ0v) is 18.5. The van der Waals surface area contributed by atoms with Crippen LogP contribution in [0.4, 0.5) is 5.82 Å². The quantitative estimate of drug-likeness (QED) is 0.608. The normalized spacial score (nSPS) is 21.4. The lowest BCUT2D eigenvalue weighted by molar-refractivity contribution is -0.124. The molecule has 3 N–H and O–H groups in total. The van der Waals surface area contributed by atoms with Crippen LogP contribution < -0.4 is 10.6 Å². The summed E-state index contributed by atoms with van der Waals surface area (Å²) in [6, 6.07) is 3.80. The second-order valence-corrected chi connectivity index (χ2v) is 9.22. The van der Waals surface area contributed by atoms with Crippen LogP contribution in [0.5, 0.6) is 0 Å². The van der Waals surface area contributed by atoms with Crippen molar-refractivity contribution >= 4 is 17.6 Å². The van der Waals surface area contributed by atoms with Crippen molar-refractivity contribution < 1.29 is 14.1 Å². The maximum absolute atomic E-state index is 12.4. The lowest BCUT2D eigenvalue weighted by atomic mass is 9.72. The molecule has 0 radical (unpaired) electrons. The van der Waals surface area contributed by atoms with E-state index in [-0.39, 0.29) is 29.7 Å². The van der Waals surface area contributed by atoms with Crippen LogP contribution >= 0.6 is 0 Å². The van der Waals surface area contributed by atoms with Gasteiger partial charge in [-0.2, -0.15) is 5.10 Å². The van der Waals surface area contributed by atoms with Crippen molar-refractivity contribution in [3.8, 4) is 0 Å². The number of rotatable bonds is 8. The van der Waals surface area contributed by atoms with Crippen LogP contribution in [0.3, 0.4) is 0 Å². The molecule has 1 fully saturated rings. The molecule has 2 aromatic heterocycles. The number of nitrogens with one attached hydrogen (secondary N) is 3. The molecule has 0 aliphatic heterocycles. The maximum atomic E-state index is 12.4. The predicted octanol–water partition coefficient (Wildman–Crippen LogP) is 3.71. The van der Waals surface area contributed by atoms with E-state index in [1.54, 1.807) is 6.07 Å². The van der Waals surface area contributed by atoms with Crippen LogP contribution in [0.1, 0.15) is 76.4 Å². The van der Waals surface area contributed by atoms with Gasteiger partial charge in [0.25, 0.3) is 0 Å². The van der Waals surface area contributed by atoms with E-state index in [4.69, 9.17) is 4.52 Å². The van der Waals surface area contributed by atoms with Crippen LogP contribution in [-0.4, -0.2) is 33.2 Å². The fraction of sp³-hybridized carbons (Fsp3) is 0.636. The molecule has 2 heterocycles. The summed E-state index contributed by atoms with van der Waals surface area (Å²) in [4.78, 5) is 24.7. The van der Waals surface area contributed by atoms with Crippen molar-refractivity contribution in [2.75, 3.05) is 5.32 Å². The van der Waals surface area contributed by atoms with Gasteiger partial charge in [0.05, 0.1) is 12.1 Å². The fourth-order valence-electron chi connectivity index (χ4n) is 4.46. The Morgan fingerprint density at radius 3 is 2.67 bits per heavy atom. The van der Waals surface area contributed by atoms with E-state index >= 15 is 0 Å². The van der Waals surface area contributed by atoms with Crippen molar-refractivity contribution in [3.63, 3.8) is 0 Å². The SMILES string of the molecule is Cc1cc(CC(=O)Nc2cc([C@H]3CC[C@](CC(=O)NC(C)C)(C(C)C)C3)[nH]n2)on1. The van der Waals surface area contributed by atoms with Gasteiger partial charge in [0.15, 0.2) is 5.82 Å². The minimum absolute atomic E-state index is 0.0116. The molecule has 2 atom stereocenters. The van der Waals surface area contributed by atoms with Gasteiger partial charge < -0.3 is 15.2 Å². The number of anilines is 1. The van der Waals surface area contributed by atoms with Gasteiger partial charge in [0.1, 0.15) is 5.76 Å². The largest absolute Gasteiger partial charge is 0.361 e. The molecule has 2 amide bonds. The number of hydrogen-bond acceptors (Lipinski definition) is 5. The second-order valence-electron chi connectivity index (χ2n) is 9.22. The van der Waals surface area contributed by atoms with E-state index in [1.165, 1.54) is 0 Å². The summed E-state index contributed by atoms with van der Waals surface area (Å²) >= 11 is 0. The molecule has 0 unspecified atom stereocenters. The topological polar surface area (TPSA) is 113 Å². The Hall–Kier alpha value is -2.64. The molecule has 0 aromatic carbocycles. The summed E-state index contributed by atoms with van der Waals surface area (Å²) in [5.74, 6) is 1.67. The predicted molar refractivity (Wildman–Crippen MR) is 114 cm³/mol. The summed E-state index contributed by atoms with van der Waals surface area (Å²) < 4.78 is 5.09. The van der Waals surface area contributed by atoms with Gasteiger partial charge in [-0.3, -0.25) is 14.7 Å². The molecule has 30 heavy (non-hydrogen) atoms. The minimum Gasteiger partial charge on any atom is -0.361 e. The van der Waals surface area contributed by atoms with Crippen molar-refractivity contribution in [2.24, 2.45) is 11.3 Å². The Morgan fingerprint density at radius 1 is 1.27 bits per heavy atom. The van der Waals surface area contributed by atoms with Gasteiger partial charge in [0.2, 0.25) is 11.8 Å². The number of carbonyl (C=O) groups is 2. The highest BCUT2D eigenvalue weighted by molar-refractivity contribution is 5.91. The molecule has 3 rings (SSSR count). The van der Waals surface area contributed by atoms with Crippen molar-refractivity contribution in [1.29, 1.82) is 0 Å². The molecule has 8 heteroatoms. The van der Waals surface area contributed by atoms with Gasteiger partial charge in [-0.25, -0.2) is 0 Å². The van der Waals surface area contributed by atoms with Gasteiger partial charge in [-0.05, 0) is 51.4 Å². The lowest BCUT2D eigenvalue weighted by Crippen LogP contribution is -2.36. The Morgan fingerprint density at radius 2 is 2.03 bits per heavy atom. The van der Waals surface area contributed by atoms with E-state index in [0.29, 0.717) is 29.8 Å². The first-order valence-electron chi connectivity index (χ1n) is 10.7. The van der Waals surface area contributed by atoms with Gasteiger partial charge in [-0.1, -0.05) is 19.0 Å². The van der Waals surface area contributed by atoms with Gasteiger partial charge in [-0.15, -0.1) is 0 Å². The van der Waals surface area contributed by atoms with E-state index in [1.807, 2.05) is 26.8 Å². The maximum Gasteiger partial charge on any atom is 0.233 e. The lowest BCUT2D eigenvalue weighted by Gasteiger charge is -2.33. The highest BCUT2D eigenvalue weighted by Crippen LogP contribution is 2.52. The fourth-order valence-corrected chi connectivity index (χ4v) is 4.46. The third kappa shape index (κ3) is 5.29. The first-order chi connectivity index (χ1) is 14.2. The summed E-state index contributed by atoms with van der Waals surface area (Å²) in [6.07, 6.45) is 3.61. The van der Waals surface area contributed by atoms with Crippen LogP contribution in [-0.2, 0) is 16.0 Å². The molecule has 2 aromatic rings. The molecule has 0 saturated heterocycles. The van der Waals surface area contributed by atoms with E-state index in [9.17, 15) is 9.59 Å². The number of hydrogen-bond donors (Lipinski definition) is 3. The summed E-state index contributed by atoms with van der Waals surface area (Å²) in [5, 5.41) is 17.0. The second kappa shape index (κ2) is 9.02. The smallest absolute Gasteiger partial charge is 0.233 e. The standard InChI is InChI=1S/C22H33N5O3/c1-13(2)22(12-21(29)23-14(3)4)7-6-16(11-22)18-10-19(26-25-18)24-20(28)9-17-8-15(5)27-30-17/h8,10,13-14,16H,6-7,9,11-12H2,1-5H3,(H,23,29)(H2,24,25,26,28)/t16-,22-/m0/s1. The highest BCUT2D eigenvalue weighted by atomic mass is 16.5. The molecule has 8 nitrogen and oxygen atoms in total. The Kier molecular flexibility index (Phi) is 6.63. The first kappa shape index (κ1) is 22.1. The van der Waals surface area contributed by atoms with Crippen LogP contribution in [0.2, 0.25) is 0 Å². The van der Waals surface area contributed by atoms with Crippen LogP contribution in [0.15, 0.2) is 16.7 Å². The highest BCUT2D eigenvalue weighted by Gasteiger charge is 2.43. The molecule has 1 saturated carbocycles. The first-order valence-corrected chi connectivity index (χ1v) is 10.7. The summed E-state index contributed by atoms with van der Waals surface area (Å²) in [5.41, 5.74) is 1.74. The number of carbonyl (C=O) groups excluding carboxylic acids is 2. The number of nitrogens with zero attached hydrogens (tertiary/aromatic N) is 2. The van der Waals surface area contributed by atoms with Crippen LogP contribution in [0.25, 0.3) is 0 Å². The van der Waals surface area contributed by atoms with Crippen molar-refractivity contribution in [2.45, 2.75) is 78.7 Å². The Bertz CT molecular complexity index is 885. The number of aromatic amines is 1. The molecular weight excluding hydrogens is 382 g/mol. The summed E-state index contributed by atoms with van der Waals surface area (Å²) in [7, 11) is 0. The molecule has 1 aliphatic rings. The molecule has 164 valence electrons. The number of aromatic nitrogens is 3. The van der Waals surface area contributed by atoms with Crippen molar-refractivity contribution in [1.82, 2.24) is 20.7 Å².